The fourth-order valence-electron chi connectivity index (χ4n) is 3.20. The molecule has 4 heterocycles. The van der Waals surface area contributed by atoms with Crippen LogP contribution in [-0.2, 0) is 4.79 Å². The van der Waals surface area contributed by atoms with Gasteiger partial charge in [0.15, 0.2) is 11.6 Å². The van der Waals surface area contributed by atoms with E-state index in [9.17, 15) is 9.59 Å². The van der Waals surface area contributed by atoms with E-state index in [0.717, 1.165) is 25.9 Å². The van der Waals surface area contributed by atoms with Crippen molar-refractivity contribution in [3.63, 3.8) is 0 Å². The summed E-state index contributed by atoms with van der Waals surface area (Å²) in [4.78, 5) is 30.5. The Morgan fingerprint density at radius 2 is 2.11 bits per heavy atom. The predicted octanol–water partition coefficient (Wildman–Crippen LogP) is 1.71. The van der Waals surface area contributed by atoms with Crippen LogP contribution < -0.4 is 0 Å². The second-order valence-corrected chi connectivity index (χ2v) is 5.41. The number of hydrogen-bond donors (Lipinski definition) is 0. The van der Waals surface area contributed by atoms with Crippen LogP contribution in [0.25, 0.3) is 0 Å². The second kappa shape index (κ2) is 5.21. The molecule has 1 aromatic heterocycles. The molecule has 0 radical (unpaired) electrons. The zero-order valence-electron chi connectivity index (χ0n) is 10.9. The summed E-state index contributed by atoms with van der Waals surface area (Å²) in [7, 11) is 0. The first-order valence-corrected chi connectivity index (χ1v) is 6.98. The van der Waals surface area contributed by atoms with Crippen LogP contribution in [0.1, 0.15) is 36.2 Å². The number of rotatable bonds is 4. The van der Waals surface area contributed by atoms with Crippen molar-refractivity contribution < 1.29 is 9.59 Å². The van der Waals surface area contributed by atoms with Crippen molar-refractivity contribution in [1.82, 2.24) is 9.88 Å². The summed E-state index contributed by atoms with van der Waals surface area (Å²) >= 11 is 0. The Morgan fingerprint density at radius 3 is 2.74 bits per heavy atom. The van der Waals surface area contributed by atoms with E-state index < -0.39 is 0 Å². The third-order valence-electron chi connectivity index (χ3n) is 4.30. The lowest BCUT2D eigenvalue weighted by atomic mass is 9.80. The van der Waals surface area contributed by atoms with Crippen molar-refractivity contribution in [1.29, 1.82) is 0 Å². The molecule has 19 heavy (non-hydrogen) atoms. The normalized spacial score (nSPS) is 29.5. The Morgan fingerprint density at radius 1 is 1.32 bits per heavy atom. The lowest BCUT2D eigenvalue weighted by molar-refractivity contribution is -0.137. The van der Waals surface area contributed by atoms with Gasteiger partial charge in [-0.25, -0.2) is 0 Å². The van der Waals surface area contributed by atoms with Gasteiger partial charge in [-0.05, 0) is 44.5 Å². The maximum atomic E-state index is 12.2. The van der Waals surface area contributed by atoms with Gasteiger partial charge < -0.3 is 0 Å². The molecule has 4 nitrogen and oxygen atoms in total. The number of piperidine rings is 3. The van der Waals surface area contributed by atoms with Crippen molar-refractivity contribution in [2.75, 3.05) is 13.1 Å². The first-order chi connectivity index (χ1) is 9.25. The molecule has 100 valence electrons. The average Bonchev–Trinajstić information content (AvgIpc) is 2.48. The fourth-order valence-corrected chi connectivity index (χ4v) is 3.20. The van der Waals surface area contributed by atoms with Crippen molar-refractivity contribution in [3.8, 4) is 0 Å². The van der Waals surface area contributed by atoms with E-state index in [2.05, 4.69) is 9.88 Å². The molecule has 0 saturated carbocycles. The highest BCUT2D eigenvalue weighted by Crippen LogP contribution is 2.31. The van der Waals surface area contributed by atoms with Gasteiger partial charge in [0.1, 0.15) is 5.69 Å². The monoisotopic (exact) mass is 258 g/mol. The molecule has 0 spiro atoms. The summed E-state index contributed by atoms with van der Waals surface area (Å²) in [6.07, 6.45) is 4.69. The maximum absolute atomic E-state index is 12.2. The van der Waals surface area contributed by atoms with Crippen LogP contribution in [-0.4, -0.2) is 40.6 Å². The molecule has 3 aliphatic rings. The van der Waals surface area contributed by atoms with Crippen molar-refractivity contribution in [3.05, 3.63) is 30.1 Å². The smallest absolute Gasteiger partial charge is 0.181 e. The van der Waals surface area contributed by atoms with Crippen LogP contribution in [0.4, 0.5) is 0 Å². The number of hydrogen-bond acceptors (Lipinski definition) is 4. The molecule has 4 heteroatoms. The van der Waals surface area contributed by atoms with Gasteiger partial charge in [-0.15, -0.1) is 0 Å². The zero-order valence-corrected chi connectivity index (χ0v) is 10.9. The van der Waals surface area contributed by atoms with Crippen LogP contribution >= 0.6 is 0 Å². The number of nitrogens with zero attached hydrogens (tertiary/aromatic N) is 2. The molecule has 3 fully saturated rings. The molecule has 0 N–H and O–H groups in total. The summed E-state index contributed by atoms with van der Waals surface area (Å²) in [5.74, 6) is 0.641. The van der Waals surface area contributed by atoms with E-state index in [-0.39, 0.29) is 17.7 Å². The Balaban J connectivity index is 1.61. The first kappa shape index (κ1) is 12.5. The predicted molar refractivity (Wildman–Crippen MR) is 70.9 cm³/mol. The molecule has 0 amide bonds. The van der Waals surface area contributed by atoms with Gasteiger partial charge >= 0.3 is 0 Å². The Kier molecular flexibility index (Phi) is 3.42. The Hall–Kier alpha value is -1.55. The van der Waals surface area contributed by atoms with E-state index in [1.807, 2.05) is 6.07 Å². The summed E-state index contributed by atoms with van der Waals surface area (Å²) in [5, 5.41) is 0. The molecule has 0 aliphatic carbocycles. The van der Waals surface area contributed by atoms with E-state index in [4.69, 9.17) is 0 Å². The van der Waals surface area contributed by atoms with Crippen LogP contribution in [0.3, 0.4) is 0 Å². The van der Waals surface area contributed by atoms with E-state index in [1.54, 1.807) is 18.3 Å². The molecular formula is C15H18N2O2. The minimum atomic E-state index is -0.0276. The van der Waals surface area contributed by atoms with Crippen molar-refractivity contribution in [2.24, 2.45) is 5.92 Å². The summed E-state index contributed by atoms with van der Waals surface area (Å²) in [6, 6.07) is 5.32. The molecule has 3 saturated heterocycles. The highest BCUT2D eigenvalue weighted by Gasteiger charge is 2.40. The van der Waals surface area contributed by atoms with Crippen LogP contribution in [0, 0.1) is 5.92 Å². The van der Waals surface area contributed by atoms with Crippen LogP contribution in [0.2, 0.25) is 0 Å². The summed E-state index contributed by atoms with van der Waals surface area (Å²) in [6.45, 7) is 2.03. The lowest BCUT2D eigenvalue weighted by Crippen LogP contribution is -2.55. The second-order valence-electron chi connectivity index (χ2n) is 5.41. The van der Waals surface area contributed by atoms with Crippen LogP contribution in [0.5, 0.6) is 0 Å². The third-order valence-corrected chi connectivity index (χ3v) is 4.30. The van der Waals surface area contributed by atoms with Gasteiger partial charge in [-0.1, -0.05) is 6.07 Å². The van der Waals surface area contributed by atoms with Crippen LogP contribution in [0.15, 0.2) is 24.4 Å². The number of Topliss-reactive ketones (excluding diaryl/α,β-unsaturated/α-hetero) is 2. The van der Waals surface area contributed by atoms with E-state index in [1.165, 1.54) is 0 Å². The molecule has 4 rings (SSSR count). The van der Waals surface area contributed by atoms with Gasteiger partial charge in [-0.3, -0.25) is 19.5 Å². The number of carbonyl (C=O) groups excluding carboxylic acids is 2. The van der Waals surface area contributed by atoms with Gasteiger partial charge in [0.25, 0.3) is 0 Å². The molecule has 1 unspecified atom stereocenters. The number of aromatic nitrogens is 1. The molecule has 1 aromatic rings. The van der Waals surface area contributed by atoms with Crippen molar-refractivity contribution >= 4 is 11.6 Å². The lowest BCUT2D eigenvalue weighted by Gasteiger charge is -2.44. The third kappa shape index (κ3) is 2.45. The van der Waals surface area contributed by atoms with Gasteiger partial charge in [0.05, 0.1) is 6.04 Å². The summed E-state index contributed by atoms with van der Waals surface area (Å²) < 4.78 is 0. The minimum absolute atomic E-state index is 0.0276. The topological polar surface area (TPSA) is 50.3 Å². The van der Waals surface area contributed by atoms with Gasteiger partial charge in [0, 0.05) is 18.5 Å². The average molecular weight is 258 g/mol. The summed E-state index contributed by atoms with van der Waals surface area (Å²) in [5.41, 5.74) is 0.505. The quantitative estimate of drug-likeness (QED) is 0.771. The Bertz CT molecular complexity index is 478. The molecule has 0 aromatic carbocycles. The molecule has 2 bridgehead atoms. The SMILES string of the molecule is O=C(CCC1C(=O)C2CCN1CC2)c1ccccn1. The minimum Gasteiger partial charge on any atom is -0.298 e. The molecule has 1 atom stereocenters. The maximum Gasteiger partial charge on any atom is 0.181 e. The molecular weight excluding hydrogens is 240 g/mol. The van der Waals surface area contributed by atoms with Crippen molar-refractivity contribution in [2.45, 2.75) is 31.7 Å². The number of fused-ring (bicyclic) bond motifs is 3. The Labute approximate surface area is 112 Å². The van der Waals surface area contributed by atoms with Gasteiger partial charge in [0.2, 0.25) is 0 Å². The highest BCUT2D eigenvalue weighted by molar-refractivity contribution is 5.95. The number of carbonyl (C=O) groups is 2. The zero-order chi connectivity index (χ0) is 13.2. The number of pyridine rings is 1. The van der Waals surface area contributed by atoms with E-state index in [0.29, 0.717) is 24.3 Å². The highest BCUT2D eigenvalue weighted by atomic mass is 16.1. The largest absolute Gasteiger partial charge is 0.298 e. The number of ketones is 2. The van der Waals surface area contributed by atoms with E-state index >= 15 is 0 Å². The molecule has 3 aliphatic heterocycles. The first-order valence-electron chi connectivity index (χ1n) is 6.98. The fraction of sp³-hybridized carbons (Fsp3) is 0.533. The van der Waals surface area contributed by atoms with Gasteiger partial charge in [-0.2, -0.15) is 0 Å². The standard InChI is InChI=1S/C15H18N2O2/c18-14(12-3-1-2-8-16-12)5-4-13-15(19)11-6-9-17(13)10-7-11/h1-3,8,11,13H,4-7,9-10H2.